The lowest BCUT2D eigenvalue weighted by Crippen LogP contribution is -2.26. The van der Waals surface area contributed by atoms with Gasteiger partial charge in [-0.1, -0.05) is 26.0 Å². The molecule has 0 aliphatic heterocycles. The molecule has 1 aromatic carbocycles. The van der Waals surface area contributed by atoms with Crippen molar-refractivity contribution >= 4 is 28.2 Å². The third-order valence-corrected chi connectivity index (χ3v) is 6.13. The van der Waals surface area contributed by atoms with Crippen LogP contribution in [0, 0.1) is 23.7 Å². The first kappa shape index (κ1) is 20.0. The molecule has 0 unspecified atom stereocenters. The molecule has 1 amide bonds. The maximum absolute atomic E-state index is 12.8. The van der Waals surface area contributed by atoms with E-state index in [1.165, 1.54) is 11.3 Å². The molecule has 0 spiro atoms. The van der Waals surface area contributed by atoms with E-state index in [4.69, 9.17) is 9.68 Å². The smallest absolute Gasteiger partial charge is 0.293 e. The summed E-state index contributed by atoms with van der Waals surface area (Å²) in [6, 6.07) is 9.48. The molecule has 7 heteroatoms. The van der Waals surface area contributed by atoms with Crippen LogP contribution in [0.4, 0.5) is 5.13 Å². The fourth-order valence-corrected chi connectivity index (χ4v) is 4.64. The lowest BCUT2D eigenvalue weighted by atomic mass is 9.76. The number of amides is 1. The number of ketones is 1. The first-order valence-electron chi connectivity index (χ1n) is 9.66. The number of hydrogen-bond donors (Lipinski definition) is 1. The number of Topliss-reactive ketones (excluding diaryl/α,β-unsaturated/α-hetero) is 1. The number of nitriles is 1. The number of carbonyl (C=O) groups is 2. The van der Waals surface area contributed by atoms with E-state index in [-0.39, 0.29) is 17.0 Å². The maximum atomic E-state index is 12.8. The Labute approximate surface area is 178 Å². The van der Waals surface area contributed by atoms with E-state index in [0.29, 0.717) is 46.8 Å². The number of fused-ring (bicyclic) bond motifs is 1. The Balaban J connectivity index is 1.49. The van der Waals surface area contributed by atoms with Crippen LogP contribution in [0.25, 0.3) is 0 Å². The van der Waals surface area contributed by atoms with Gasteiger partial charge < -0.3 is 4.42 Å². The van der Waals surface area contributed by atoms with E-state index < -0.39 is 5.91 Å². The van der Waals surface area contributed by atoms with Gasteiger partial charge in [0.2, 0.25) is 0 Å². The van der Waals surface area contributed by atoms with Crippen molar-refractivity contribution in [3.8, 4) is 6.07 Å². The quantitative estimate of drug-likeness (QED) is 0.648. The monoisotopic (exact) mass is 419 g/mol. The van der Waals surface area contributed by atoms with Crippen LogP contribution in [0.5, 0.6) is 0 Å². The minimum Gasteiger partial charge on any atom is -0.455 e. The molecule has 0 atom stereocenters. The normalized spacial score (nSPS) is 14.8. The van der Waals surface area contributed by atoms with Crippen molar-refractivity contribution in [2.24, 2.45) is 5.41 Å². The van der Waals surface area contributed by atoms with Gasteiger partial charge in [0.25, 0.3) is 5.91 Å². The van der Waals surface area contributed by atoms with Gasteiger partial charge in [-0.05, 0) is 30.0 Å². The first-order valence-corrected chi connectivity index (χ1v) is 10.5. The van der Waals surface area contributed by atoms with Crippen LogP contribution >= 0.6 is 11.3 Å². The van der Waals surface area contributed by atoms with Gasteiger partial charge in [-0.15, -0.1) is 11.3 Å². The molecule has 0 fully saturated rings. The van der Waals surface area contributed by atoms with Gasteiger partial charge in [-0.25, -0.2) is 4.98 Å². The van der Waals surface area contributed by atoms with Crippen molar-refractivity contribution in [3.05, 3.63) is 69.1 Å². The number of carbonyl (C=O) groups excluding carboxylic acids is 2. The molecule has 1 N–H and O–H groups in total. The average molecular weight is 420 g/mol. The minimum atomic E-state index is -0.397. The third kappa shape index (κ3) is 3.91. The van der Waals surface area contributed by atoms with Gasteiger partial charge in [0.05, 0.1) is 17.2 Å². The van der Waals surface area contributed by atoms with Crippen LogP contribution in [0.1, 0.15) is 68.5 Å². The summed E-state index contributed by atoms with van der Waals surface area (Å²) in [6.07, 6.45) is 3.47. The predicted octanol–water partition coefficient (Wildman–Crippen LogP) is 4.91. The largest absolute Gasteiger partial charge is 0.455 e. The lowest BCUT2D eigenvalue weighted by Gasteiger charge is -2.27. The predicted molar refractivity (Wildman–Crippen MR) is 114 cm³/mol. The fourth-order valence-electron chi connectivity index (χ4n) is 3.80. The van der Waals surface area contributed by atoms with Gasteiger partial charge in [0, 0.05) is 35.9 Å². The Morgan fingerprint density at radius 3 is 2.73 bits per heavy atom. The minimum absolute atomic E-state index is 0.0282. The molecular formula is C23H21N3O3S. The van der Waals surface area contributed by atoms with Gasteiger partial charge in [-0.3, -0.25) is 14.9 Å². The average Bonchev–Trinajstić information content (AvgIpc) is 3.25. The van der Waals surface area contributed by atoms with Gasteiger partial charge in [0.1, 0.15) is 5.76 Å². The zero-order valence-electron chi connectivity index (χ0n) is 17.0. The molecule has 30 heavy (non-hydrogen) atoms. The second kappa shape index (κ2) is 7.54. The highest BCUT2D eigenvalue weighted by molar-refractivity contribution is 7.15. The number of anilines is 1. The Morgan fingerprint density at radius 1 is 1.30 bits per heavy atom. The van der Waals surface area contributed by atoms with Gasteiger partial charge in [-0.2, -0.15) is 5.26 Å². The number of hydrogen-bond acceptors (Lipinski definition) is 6. The second-order valence-electron chi connectivity index (χ2n) is 8.37. The molecule has 2 aromatic heterocycles. The van der Waals surface area contributed by atoms with Crippen LogP contribution in [0.3, 0.4) is 0 Å². The van der Waals surface area contributed by atoms with Crippen molar-refractivity contribution in [3.63, 3.8) is 0 Å². The molecule has 0 saturated heterocycles. The van der Waals surface area contributed by atoms with E-state index >= 15 is 0 Å². The Kier molecular flexibility index (Phi) is 5.04. The van der Waals surface area contributed by atoms with E-state index in [2.05, 4.69) is 16.4 Å². The summed E-state index contributed by atoms with van der Waals surface area (Å²) < 4.78 is 5.82. The fraction of sp³-hybridized carbons (Fsp3) is 0.304. The number of rotatable bonds is 4. The van der Waals surface area contributed by atoms with Crippen LogP contribution in [-0.4, -0.2) is 16.7 Å². The molecule has 4 rings (SSSR count). The molecule has 0 bridgehead atoms. The maximum Gasteiger partial charge on any atom is 0.293 e. The highest BCUT2D eigenvalue weighted by Gasteiger charge is 2.37. The standard InChI is InChI=1S/C23H21N3O3S/c1-13-19-17(27)9-23(2,3)10-18(19)29-20(13)21(28)26-22-25-12-16(30-22)8-14-4-6-15(11-24)7-5-14/h4-7,12H,8-10H2,1-3H3,(H,25,26,28). The first-order chi connectivity index (χ1) is 14.3. The highest BCUT2D eigenvalue weighted by Crippen LogP contribution is 2.38. The Hall–Kier alpha value is -3.24. The number of benzene rings is 1. The number of thiazole rings is 1. The van der Waals surface area contributed by atoms with Crippen molar-refractivity contribution in [2.75, 3.05) is 5.32 Å². The topological polar surface area (TPSA) is 96.0 Å². The molecule has 1 aliphatic rings. The van der Waals surface area contributed by atoms with E-state index in [1.807, 2.05) is 26.0 Å². The zero-order valence-corrected chi connectivity index (χ0v) is 17.9. The molecule has 6 nitrogen and oxygen atoms in total. The van der Waals surface area contributed by atoms with Crippen molar-refractivity contribution < 1.29 is 14.0 Å². The Bertz CT molecular complexity index is 1180. The van der Waals surface area contributed by atoms with Crippen LogP contribution in [0.15, 0.2) is 34.9 Å². The number of nitrogens with zero attached hydrogens (tertiary/aromatic N) is 2. The Morgan fingerprint density at radius 2 is 2.03 bits per heavy atom. The SMILES string of the molecule is Cc1c(C(=O)Nc2ncc(Cc3ccc(C#N)cc3)s2)oc2c1C(=O)CC(C)(C)C2. The van der Waals surface area contributed by atoms with Gasteiger partial charge in [0.15, 0.2) is 16.7 Å². The van der Waals surface area contributed by atoms with Crippen molar-refractivity contribution in [1.82, 2.24) is 4.98 Å². The highest BCUT2D eigenvalue weighted by atomic mass is 32.1. The molecule has 152 valence electrons. The van der Waals surface area contributed by atoms with Crippen molar-refractivity contribution in [1.29, 1.82) is 5.26 Å². The summed E-state index contributed by atoms with van der Waals surface area (Å²) >= 11 is 1.39. The number of nitrogens with one attached hydrogen (secondary N) is 1. The van der Waals surface area contributed by atoms with E-state index in [1.54, 1.807) is 25.3 Å². The zero-order chi connectivity index (χ0) is 21.5. The van der Waals surface area contributed by atoms with Crippen LogP contribution < -0.4 is 5.32 Å². The number of furan rings is 1. The van der Waals surface area contributed by atoms with Gasteiger partial charge >= 0.3 is 0 Å². The van der Waals surface area contributed by atoms with Crippen molar-refractivity contribution in [2.45, 2.75) is 40.0 Å². The molecule has 1 aliphatic carbocycles. The second-order valence-corrected chi connectivity index (χ2v) is 9.48. The lowest BCUT2D eigenvalue weighted by molar-refractivity contribution is 0.0898. The molecule has 0 saturated carbocycles. The van der Waals surface area contributed by atoms with E-state index in [9.17, 15) is 9.59 Å². The summed E-state index contributed by atoms with van der Waals surface area (Å²) in [5.74, 6) is 0.404. The third-order valence-electron chi connectivity index (χ3n) is 5.22. The van der Waals surface area contributed by atoms with Crippen LogP contribution in [0.2, 0.25) is 0 Å². The molecular weight excluding hydrogens is 398 g/mol. The van der Waals surface area contributed by atoms with Crippen LogP contribution in [-0.2, 0) is 12.8 Å². The summed E-state index contributed by atoms with van der Waals surface area (Å²) in [5.41, 5.74) is 2.66. The molecule has 2 heterocycles. The summed E-state index contributed by atoms with van der Waals surface area (Å²) in [7, 11) is 0. The summed E-state index contributed by atoms with van der Waals surface area (Å²) in [6.45, 7) is 5.80. The summed E-state index contributed by atoms with van der Waals surface area (Å²) in [4.78, 5) is 30.6. The molecule has 3 aromatic rings. The van der Waals surface area contributed by atoms with E-state index in [0.717, 1.165) is 10.4 Å². The molecule has 0 radical (unpaired) electrons. The summed E-state index contributed by atoms with van der Waals surface area (Å²) in [5, 5.41) is 12.2. The number of aromatic nitrogens is 1.